The number of hydrogen-bond donors (Lipinski definition) is 0. The molecular formula is C17H12N2Rb10. The van der Waals surface area contributed by atoms with Crippen LogP contribution in [0, 0.1) is 31.3 Å². The Morgan fingerprint density at radius 2 is 1.31 bits per heavy atom. The molecule has 29 heavy (non-hydrogen) atoms. The van der Waals surface area contributed by atoms with Gasteiger partial charge in [0, 0.05) is 0 Å². The van der Waals surface area contributed by atoms with Gasteiger partial charge in [-0.2, -0.15) is 35.4 Å². The number of hydrogen-bond acceptors (Lipinski definition) is 2. The van der Waals surface area contributed by atoms with Crippen LogP contribution in [0.3, 0.4) is 0 Å². The molecule has 0 N–H and O–H groups in total. The van der Waals surface area contributed by atoms with Crippen molar-refractivity contribution in [1.29, 1.82) is 0 Å². The number of rotatable bonds is 2. The first-order valence-electron chi connectivity index (χ1n) is 7.96. The SMILES string of the molecule is Cc1nn[c-]c(-c2[c-]c[c-]cc2)c1-c1cc[c-]cc1.[H-].[H-].[Rb+].[Rb+].[Rb+].[Rb+].[Rb+].[Rb+].[Rb][Rb].[Rb][Rb]. The summed E-state index contributed by atoms with van der Waals surface area (Å²) in [5, 5.41) is 8.04. The molecule has 0 bridgehead atoms. The molecule has 0 radical (unpaired) electrons. The molecule has 0 saturated heterocycles. The van der Waals surface area contributed by atoms with Gasteiger partial charge in [0.2, 0.25) is 0 Å². The quantitative estimate of drug-likeness (QED) is 0.239. The Morgan fingerprint density at radius 3 is 1.79 bits per heavy atom. The Balaban J connectivity index is -0.0000000697. The molecule has 0 atom stereocenters. The van der Waals surface area contributed by atoms with E-state index in [1.165, 1.54) is 0 Å². The van der Waals surface area contributed by atoms with Crippen LogP contribution in [0.2, 0.25) is 0 Å². The fraction of sp³-hybridized carbons (Fsp3) is 0.0588. The van der Waals surface area contributed by atoms with Crippen LogP contribution in [-0.2, 0) is 0 Å². The number of nitrogens with zero attached hydrogens (tertiary/aromatic N) is 2. The van der Waals surface area contributed by atoms with Crippen LogP contribution >= 0.6 is 0 Å². The van der Waals surface area contributed by atoms with Gasteiger partial charge in [0.05, 0.1) is 0 Å². The number of aryl methyl sites for hydroxylation is 1. The third-order valence-electron chi connectivity index (χ3n) is 2.91. The van der Waals surface area contributed by atoms with Crippen molar-refractivity contribution < 1.29 is 352 Å². The summed E-state index contributed by atoms with van der Waals surface area (Å²) in [5.74, 6) is 0. The van der Waals surface area contributed by atoms with Crippen molar-refractivity contribution in [2.24, 2.45) is 0 Å². The first-order chi connectivity index (χ1) is 11.4. The van der Waals surface area contributed by atoms with E-state index >= 15 is 0 Å². The molecule has 0 unspecified atom stereocenters. The molecule has 0 aliphatic heterocycles. The Kier molecular flexibility index (Phi) is 81.6. The van der Waals surface area contributed by atoms with Crippen molar-refractivity contribution in [3.8, 4) is 22.3 Å². The zero-order valence-electron chi connectivity index (χ0n) is 22.4. The van der Waals surface area contributed by atoms with Gasteiger partial charge in [0.25, 0.3) is 0 Å². The molecule has 2 nitrogen and oxygen atoms in total. The van der Waals surface area contributed by atoms with Crippen LogP contribution in [-0.4, -0.2) is 146 Å². The van der Waals surface area contributed by atoms with E-state index < -0.39 is 0 Å². The van der Waals surface area contributed by atoms with E-state index in [4.69, 9.17) is 0 Å². The van der Waals surface area contributed by atoms with E-state index in [2.05, 4.69) is 34.6 Å². The molecule has 0 saturated carbocycles. The van der Waals surface area contributed by atoms with Gasteiger partial charge in [0.1, 0.15) is 0 Å². The van der Waals surface area contributed by atoms with E-state index in [0.29, 0.717) is 0 Å². The molecule has 100 valence electrons. The standard InChI is InChI=1S/C17H10N2.10Rb.2H/c1-13-17(15-10-6-3-7-11-15)16(12-18-19-13)14-8-4-2-5-9-14;;;;;;;;;;;;/h4-8,10-11H,1H3;;;;;;;;;;;;/q-4;;;;;6*+1;2*-1. The molecule has 3 aromatic rings. The maximum absolute atomic E-state index is 4.10. The Morgan fingerprint density at radius 1 is 0.793 bits per heavy atom. The summed E-state index contributed by atoms with van der Waals surface area (Å²) >= 11 is 4.64. The first-order valence-corrected chi connectivity index (χ1v) is 76.0. The summed E-state index contributed by atoms with van der Waals surface area (Å²) in [6, 6.07) is 22.5. The summed E-state index contributed by atoms with van der Waals surface area (Å²) in [7, 11) is 0. The van der Waals surface area contributed by atoms with E-state index in [0.717, 1.165) is 163 Å². The van der Waals surface area contributed by atoms with Crippen molar-refractivity contribution >= 4 is 135 Å². The minimum absolute atomic E-state index is 0. The molecule has 2 aromatic carbocycles. The summed E-state index contributed by atoms with van der Waals surface area (Å²) in [6.45, 7) is 1.95. The average molecular weight is 1100 g/mol. The molecule has 0 aliphatic carbocycles. The Bertz CT molecular complexity index is 714. The van der Waals surface area contributed by atoms with Crippen LogP contribution in [0.15, 0.2) is 42.5 Å². The van der Waals surface area contributed by atoms with Crippen molar-refractivity contribution in [3.63, 3.8) is 0 Å². The molecule has 3 rings (SSSR count). The van der Waals surface area contributed by atoms with Crippen molar-refractivity contribution in [2.75, 3.05) is 0 Å². The second-order valence-electron chi connectivity index (χ2n) is 4.14. The second-order valence-corrected chi connectivity index (χ2v) is 4.14. The van der Waals surface area contributed by atoms with Crippen LogP contribution in [0.25, 0.3) is 22.3 Å². The number of aromatic nitrogens is 2. The van der Waals surface area contributed by atoms with Gasteiger partial charge in [-0.1, -0.05) is 0 Å². The van der Waals surface area contributed by atoms with Gasteiger partial charge in [0.15, 0.2) is 0 Å². The molecule has 1 heterocycles. The predicted octanol–water partition coefficient (Wildman–Crippen LogP) is -16.0. The van der Waals surface area contributed by atoms with E-state index in [9.17, 15) is 0 Å². The van der Waals surface area contributed by atoms with Gasteiger partial charge in [-0.15, -0.1) is 6.20 Å². The fourth-order valence-corrected chi connectivity index (χ4v) is 2.04. The summed E-state index contributed by atoms with van der Waals surface area (Å²) in [6.07, 6.45) is 2.98. The van der Waals surface area contributed by atoms with Crippen LogP contribution in [0.1, 0.15) is 8.55 Å². The van der Waals surface area contributed by atoms with E-state index in [1.54, 1.807) is 6.07 Å². The Labute approximate surface area is 571 Å². The molecule has 0 amide bonds. The topological polar surface area (TPSA) is 25.8 Å². The van der Waals surface area contributed by atoms with Gasteiger partial charge in [-0.3, -0.25) is 18.2 Å². The van der Waals surface area contributed by atoms with Gasteiger partial charge >= 0.3 is 485 Å². The zero-order chi connectivity index (χ0) is 17.1. The molecule has 1 aromatic heterocycles. The zero-order valence-corrected chi connectivity index (χ0v) is 69.6. The van der Waals surface area contributed by atoms with Gasteiger partial charge in [-0.25, -0.2) is 22.3 Å². The van der Waals surface area contributed by atoms with Crippen LogP contribution in [0.4, 0.5) is 0 Å². The third-order valence-corrected chi connectivity index (χ3v) is 2.91. The minimum atomic E-state index is 0. The second kappa shape index (κ2) is 41.6. The third kappa shape index (κ3) is 26.2. The van der Waals surface area contributed by atoms with E-state index in [1.807, 2.05) is 43.3 Å². The normalized spacial score (nSPS) is 7.34. The summed E-state index contributed by atoms with van der Waals surface area (Å²) < 4.78 is 0. The monoisotopic (exact) mass is 1090 g/mol. The molecule has 0 aliphatic rings. The molecule has 12 heteroatoms. The first kappa shape index (κ1) is 56.9. The summed E-state index contributed by atoms with van der Waals surface area (Å²) in [4.78, 5) is 0. The van der Waals surface area contributed by atoms with Gasteiger partial charge in [-0.05, 0) is 12.6 Å². The molecular weight excluding hydrogens is 1090 g/mol. The summed E-state index contributed by atoms with van der Waals surface area (Å²) in [5.41, 5.74) is 4.85. The van der Waals surface area contributed by atoms with Gasteiger partial charge < -0.3 is 20.0 Å². The van der Waals surface area contributed by atoms with Crippen LogP contribution in [0.5, 0.6) is 0 Å². The van der Waals surface area contributed by atoms with E-state index in [-0.39, 0.29) is 352 Å². The fourth-order valence-electron chi connectivity index (χ4n) is 2.04. The molecule has 0 fully saturated rings. The van der Waals surface area contributed by atoms with Crippen LogP contribution < -0.4 is 349 Å². The average Bonchev–Trinajstić information content (AvgIpc) is 2.66. The van der Waals surface area contributed by atoms with Crippen molar-refractivity contribution in [2.45, 2.75) is 6.92 Å². The van der Waals surface area contributed by atoms with Crippen molar-refractivity contribution in [3.05, 3.63) is 72.6 Å². The Hall–Kier alpha value is 15.6. The van der Waals surface area contributed by atoms with Crippen molar-refractivity contribution in [1.82, 2.24) is 10.2 Å². The predicted molar refractivity (Wildman–Crippen MR) is 98.2 cm³/mol. The molecule has 0 spiro atoms. The number of benzene rings is 2. The maximum atomic E-state index is 4.10.